The largest absolute Gasteiger partial charge is 0.481 e. The Balaban J connectivity index is 1.12. The molecule has 2 aromatic heterocycles. The number of aromatic nitrogens is 2. The van der Waals surface area contributed by atoms with Gasteiger partial charge in [-0.1, -0.05) is 54.1 Å². The van der Waals surface area contributed by atoms with Crippen molar-refractivity contribution in [2.24, 2.45) is 0 Å². The molecule has 292 valence electrons. The molecule has 2 aliphatic carbocycles. The van der Waals surface area contributed by atoms with Crippen molar-refractivity contribution in [2.75, 3.05) is 26.1 Å². The maximum Gasteiger partial charge on any atom is 0.419 e. The molecule has 3 aliphatic rings. The number of hydrogen-bond acceptors (Lipinski definition) is 10. The number of rotatable bonds is 14. The Labute approximate surface area is 322 Å². The van der Waals surface area contributed by atoms with Gasteiger partial charge in [-0.05, 0) is 73.8 Å². The Bertz CT molecular complexity index is 2060. The van der Waals surface area contributed by atoms with Crippen LogP contribution in [0.2, 0.25) is 5.02 Å². The number of carboxylic acids is 1. The van der Waals surface area contributed by atoms with Crippen LogP contribution in [0.3, 0.4) is 0 Å². The fourth-order valence-electron chi connectivity index (χ4n) is 7.86. The van der Waals surface area contributed by atoms with Gasteiger partial charge in [-0.3, -0.25) is 15.4 Å². The molecule has 4 aromatic rings. The molecule has 2 aromatic carbocycles. The number of nitrogens with one attached hydrogen (secondary N) is 4. The van der Waals surface area contributed by atoms with Gasteiger partial charge in [0.1, 0.15) is 17.6 Å². The summed E-state index contributed by atoms with van der Waals surface area (Å²) < 4.78 is 54.7. The van der Waals surface area contributed by atoms with Crippen molar-refractivity contribution in [1.82, 2.24) is 25.9 Å². The molecule has 55 heavy (non-hydrogen) atoms. The molecule has 0 radical (unpaired) electrons. The second-order valence-electron chi connectivity index (χ2n) is 14.4. The smallest absolute Gasteiger partial charge is 0.419 e. The number of nitrogens with zero attached hydrogens (tertiary/aromatic N) is 2. The van der Waals surface area contributed by atoms with Crippen molar-refractivity contribution in [1.29, 1.82) is 0 Å². The minimum absolute atomic E-state index is 0.0184. The van der Waals surface area contributed by atoms with E-state index in [1.165, 1.54) is 7.11 Å². The second-order valence-corrected chi connectivity index (χ2v) is 14.8. The monoisotopic (exact) mass is 780 g/mol. The van der Waals surface area contributed by atoms with Crippen molar-refractivity contribution in [3.8, 4) is 34.1 Å². The first kappa shape index (κ1) is 38.8. The maximum absolute atomic E-state index is 14.5. The Kier molecular flexibility index (Phi) is 11.2. The molecule has 11 nitrogen and oxygen atoms in total. The molecule has 3 heterocycles. The number of aliphatic carboxylic acids is 1. The molecule has 0 amide bonds. The number of benzene rings is 2. The van der Waals surface area contributed by atoms with E-state index in [0.29, 0.717) is 60.9 Å². The lowest BCUT2D eigenvalue weighted by Crippen LogP contribution is -2.56. The van der Waals surface area contributed by atoms with Crippen LogP contribution in [0.4, 0.5) is 19.0 Å². The fourth-order valence-corrected chi connectivity index (χ4v) is 8.18. The summed E-state index contributed by atoms with van der Waals surface area (Å²) in [5, 5.41) is 32.5. The van der Waals surface area contributed by atoms with Crippen LogP contribution in [0, 0.1) is 0 Å². The molecule has 1 aliphatic heterocycles. The van der Waals surface area contributed by atoms with Gasteiger partial charge in [0.2, 0.25) is 11.8 Å². The third-order valence-electron chi connectivity index (χ3n) is 11.0. The number of anilines is 1. The Morgan fingerprint density at radius 2 is 1.69 bits per heavy atom. The number of ether oxygens (including phenoxy) is 2. The molecule has 15 heteroatoms. The third-order valence-corrected chi connectivity index (χ3v) is 11.4. The van der Waals surface area contributed by atoms with Crippen LogP contribution in [-0.4, -0.2) is 64.7 Å². The summed E-state index contributed by atoms with van der Waals surface area (Å²) in [7, 11) is 2.90. The lowest BCUT2D eigenvalue weighted by atomic mass is 9.76. The van der Waals surface area contributed by atoms with Crippen LogP contribution < -0.4 is 30.7 Å². The quantitative estimate of drug-likeness (QED) is 0.0798. The summed E-state index contributed by atoms with van der Waals surface area (Å²) in [6.07, 6.45) is -0.954. The van der Waals surface area contributed by atoms with Crippen molar-refractivity contribution in [3.05, 3.63) is 87.4 Å². The van der Waals surface area contributed by atoms with Crippen LogP contribution in [0.5, 0.6) is 11.8 Å². The van der Waals surface area contributed by atoms with E-state index < -0.39 is 35.5 Å². The standard InChI is InChI=1S/C40H44ClF3N6O5/c1-54-36-22(19-45-21-24-11-15-33(51)47-24)10-13-32(49-36)29-9-4-8-28(34(29)41)25-6-3-7-27-26(25)12-14-31(27)48-35-30(40(42,43)44)18-23(37(50-35)55-2)20-46-39(38(52)53)16-5-17-39/h3-4,6-10,13,18,24,31,33,45-47,51H,5,11-12,14-17,19-21H2,1-2H3,(H,48,50)(H,52,53)/t24?,31-,33?/m0/s1. The number of fused-ring (bicyclic) bond motifs is 1. The molecular weight excluding hydrogens is 737 g/mol. The zero-order chi connectivity index (χ0) is 38.9. The van der Waals surface area contributed by atoms with Crippen molar-refractivity contribution >= 4 is 23.4 Å². The molecule has 3 atom stereocenters. The number of methoxy groups -OCH3 is 2. The normalized spacial score (nSPS) is 20.2. The summed E-state index contributed by atoms with van der Waals surface area (Å²) >= 11 is 7.13. The molecule has 2 unspecified atom stereocenters. The van der Waals surface area contributed by atoms with Gasteiger partial charge in [0, 0.05) is 47.9 Å². The number of carbonyl (C=O) groups is 1. The van der Waals surface area contributed by atoms with Crippen LogP contribution >= 0.6 is 11.6 Å². The average molecular weight is 781 g/mol. The van der Waals surface area contributed by atoms with Gasteiger partial charge in [0.05, 0.1) is 36.5 Å². The molecule has 1 saturated heterocycles. The average Bonchev–Trinajstić information content (AvgIpc) is 3.76. The zero-order valence-electron chi connectivity index (χ0n) is 30.5. The molecule has 7 rings (SSSR count). The number of aliphatic hydroxyl groups is 1. The van der Waals surface area contributed by atoms with Gasteiger partial charge < -0.3 is 30.3 Å². The number of pyridine rings is 2. The number of alkyl halides is 3. The minimum Gasteiger partial charge on any atom is -0.481 e. The summed E-state index contributed by atoms with van der Waals surface area (Å²) in [5.74, 6) is -0.940. The van der Waals surface area contributed by atoms with Crippen molar-refractivity contribution in [2.45, 2.75) is 88.1 Å². The first-order valence-corrected chi connectivity index (χ1v) is 18.8. The highest BCUT2D eigenvalue weighted by atomic mass is 35.5. The lowest BCUT2D eigenvalue weighted by molar-refractivity contribution is -0.149. The number of carboxylic acid groups (broad SMARTS) is 1. The first-order chi connectivity index (χ1) is 26.4. The van der Waals surface area contributed by atoms with E-state index in [2.05, 4.69) is 26.3 Å². The summed E-state index contributed by atoms with van der Waals surface area (Å²) in [4.78, 5) is 20.9. The Hall–Kier alpha value is -4.47. The molecular formula is C40H44ClF3N6O5. The summed E-state index contributed by atoms with van der Waals surface area (Å²) in [5.41, 5.74) is 3.66. The lowest BCUT2D eigenvalue weighted by Gasteiger charge is -2.38. The van der Waals surface area contributed by atoms with E-state index >= 15 is 0 Å². The van der Waals surface area contributed by atoms with Crippen LogP contribution in [0.1, 0.15) is 72.4 Å². The van der Waals surface area contributed by atoms with E-state index in [9.17, 15) is 28.2 Å². The highest BCUT2D eigenvalue weighted by molar-refractivity contribution is 6.36. The van der Waals surface area contributed by atoms with Crippen molar-refractivity contribution < 1.29 is 37.7 Å². The molecule has 0 spiro atoms. The number of halogens is 4. The highest BCUT2D eigenvalue weighted by Crippen LogP contribution is 2.45. The van der Waals surface area contributed by atoms with Crippen LogP contribution in [0.15, 0.2) is 54.6 Å². The maximum atomic E-state index is 14.5. The SMILES string of the molecule is COc1nc(-c2cccc(-c3cccc4c3CC[C@@H]4Nc3nc(OC)c(CNC4(C(=O)O)CCC4)cc3C(F)(F)F)c2Cl)ccc1CNCC1CCC(O)N1. The molecule has 2 fully saturated rings. The van der Waals surface area contributed by atoms with Gasteiger partial charge in [0.15, 0.2) is 0 Å². The van der Waals surface area contributed by atoms with Gasteiger partial charge in [-0.2, -0.15) is 18.2 Å². The first-order valence-electron chi connectivity index (χ1n) is 18.4. The number of aliphatic hydroxyl groups excluding tert-OH is 1. The predicted octanol–water partition coefficient (Wildman–Crippen LogP) is 6.86. The number of hydrogen-bond donors (Lipinski definition) is 6. The molecule has 0 bridgehead atoms. The summed E-state index contributed by atoms with van der Waals surface area (Å²) in [6.45, 7) is 1.09. The van der Waals surface area contributed by atoms with Gasteiger partial charge in [-0.25, -0.2) is 4.98 Å². The van der Waals surface area contributed by atoms with Crippen molar-refractivity contribution in [3.63, 3.8) is 0 Å². The predicted molar refractivity (Wildman–Crippen MR) is 202 cm³/mol. The van der Waals surface area contributed by atoms with Crippen LogP contribution in [-0.2, 0) is 30.5 Å². The van der Waals surface area contributed by atoms with Crippen LogP contribution in [0.25, 0.3) is 22.4 Å². The van der Waals surface area contributed by atoms with E-state index in [4.69, 9.17) is 26.1 Å². The summed E-state index contributed by atoms with van der Waals surface area (Å²) in [6, 6.07) is 16.0. The van der Waals surface area contributed by atoms with Gasteiger partial charge in [-0.15, -0.1) is 0 Å². The molecule has 6 N–H and O–H groups in total. The Morgan fingerprint density at radius 3 is 2.36 bits per heavy atom. The zero-order valence-corrected chi connectivity index (χ0v) is 31.3. The second kappa shape index (κ2) is 15.9. The van der Waals surface area contributed by atoms with E-state index in [1.807, 2.05) is 48.5 Å². The van der Waals surface area contributed by atoms with E-state index in [1.54, 1.807) is 7.11 Å². The van der Waals surface area contributed by atoms with Gasteiger partial charge in [0.25, 0.3) is 0 Å². The fraction of sp³-hybridized carbons (Fsp3) is 0.425. The van der Waals surface area contributed by atoms with E-state index in [-0.39, 0.29) is 29.8 Å². The molecule has 1 saturated carbocycles. The minimum atomic E-state index is -4.74. The Morgan fingerprint density at radius 1 is 0.964 bits per heavy atom. The highest BCUT2D eigenvalue weighted by Gasteiger charge is 2.44. The van der Waals surface area contributed by atoms with Gasteiger partial charge >= 0.3 is 12.1 Å². The third kappa shape index (κ3) is 7.96. The topological polar surface area (TPSA) is 150 Å². The van der Waals surface area contributed by atoms with E-state index in [0.717, 1.165) is 53.1 Å².